The molecule has 0 amide bonds. The Hall–Kier alpha value is 0.879. The van der Waals surface area contributed by atoms with Crippen molar-refractivity contribution in [3.63, 3.8) is 0 Å². The van der Waals surface area contributed by atoms with Gasteiger partial charge in [-0.2, -0.15) is 0 Å². The van der Waals surface area contributed by atoms with Crippen molar-refractivity contribution in [2.24, 2.45) is 0 Å². The van der Waals surface area contributed by atoms with Crippen LogP contribution < -0.4 is 49.6 Å². The predicted octanol–water partition coefficient (Wildman–Crippen LogP) is -7.82. The Morgan fingerprint density at radius 3 is 0.957 bits per heavy atom. The minimum Gasteiger partial charge on any atom is -1.00 e. The van der Waals surface area contributed by atoms with Crippen LogP contribution in [0.25, 0.3) is 10.6 Å². The van der Waals surface area contributed by atoms with Gasteiger partial charge >= 0.3 is 20.1 Å². The third-order valence-electron chi connectivity index (χ3n) is 2.83. The van der Waals surface area contributed by atoms with Crippen molar-refractivity contribution in [1.29, 1.82) is 0 Å². The largest absolute Gasteiger partial charge is 3.00 e. The fraction of sp³-hybridized carbons (Fsp3) is 0.667. The van der Waals surface area contributed by atoms with Crippen LogP contribution >= 0.6 is 0 Å². The Morgan fingerprint density at radius 1 is 0.522 bits per heavy atom. The van der Waals surface area contributed by atoms with Crippen molar-refractivity contribution < 1.29 is 69.7 Å². The maximum Gasteiger partial charge on any atom is 3.00 e. The number of halogens is 4. The number of hydrogen-bond donors (Lipinski definition) is 0. The molecule has 2 aliphatic rings. The van der Waals surface area contributed by atoms with Gasteiger partial charge in [-0.3, -0.25) is 4.98 Å². The summed E-state index contributed by atoms with van der Waals surface area (Å²) in [6.45, 7) is 4.50. The first-order chi connectivity index (χ1) is 9.00. The molecule has 2 saturated heterocycles. The second kappa shape index (κ2) is 30.7. The molecule has 0 saturated carbocycles. The normalized spacial score (nSPS) is 14.6. The van der Waals surface area contributed by atoms with Gasteiger partial charge in [0.15, 0.2) is 0 Å². The molecule has 0 radical (unpaired) electrons. The predicted molar refractivity (Wildman–Crippen MR) is 78.1 cm³/mol. The molecular weight excluding hydrogens is 556 g/mol. The third kappa shape index (κ3) is 28.0. The average molecular weight is 581 g/mol. The van der Waals surface area contributed by atoms with Crippen LogP contribution in [0.3, 0.4) is 0 Å². The average Bonchev–Trinajstić information content (AvgIpc) is 2.54. The van der Waals surface area contributed by atoms with Crippen LogP contribution in [0.5, 0.6) is 0 Å². The molecule has 0 unspecified atom stereocenters. The van der Waals surface area contributed by atoms with Gasteiger partial charge in [0, 0.05) is 12.4 Å². The first kappa shape index (κ1) is 35.1. The molecule has 23 heavy (non-hydrogen) atoms. The summed E-state index contributed by atoms with van der Waals surface area (Å²) in [5.74, 6) is 0. The maximum absolute atomic E-state index is 4.18. The van der Waals surface area contributed by atoms with E-state index in [0.29, 0.717) is 0 Å². The van der Waals surface area contributed by atoms with E-state index in [9.17, 15) is 0 Å². The second-order valence-corrected chi connectivity index (χ2v) is 4.49. The van der Waals surface area contributed by atoms with Gasteiger partial charge in [0.2, 0.25) is 0 Å². The van der Waals surface area contributed by atoms with E-state index < -0.39 is 0 Å². The topological polar surface area (TPSA) is 41.1 Å². The number of nitrogens with zero attached hydrogens (tertiary/aromatic N) is 3. The number of rotatable bonds is 0. The molecule has 0 atom stereocenters. The van der Waals surface area contributed by atoms with E-state index in [2.05, 4.69) is 15.6 Å². The molecule has 0 aromatic carbocycles. The Bertz CT molecular complexity index is 202. The van der Waals surface area contributed by atoms with Gasteiger partial charge in [0.05, 0.1) is 0 Å². The Morgan fingerprint density at radius 2 is 0.870 bits per heavy atom. The fourth-order valence-corrected chi connectivity index (χ4v) is 1.78. The van der Waals surface area contributed by atoms with E-state index in [0.717, 1.165) is 26.2 Å². The molecule has 3 heterocycles. The molecule has 8 heteroatoms. The van der Waals surface area contributed by atoms with E-state index in [1.165, 1.54) is 38.5 Å². The van der Waals surface area contributed by atoms with E-state index in [4.69, 9.17) is 0 Å². The third-order valence-corrected chi connectivity index (χ3v) is 2.83. The number of hydrogen-bond acceptors (Lipinski definition) is 1. The maximum atomic E-state index is 4.18. The minimum absolute atomic E-state index is 0. The molecule has 140 valence electrons. The van der Waals surface area contributed by atoms with E-state index >= 15 is 0 Å². The van der Waals surface area contributed by atoms with Crippen LogP contribution in [-0.4, -0.2) is 31.2 Å². The zero-order valence-electron chi connectivity index (χ0n) is 13.1. The summed E-state index contributed by atoms with van der Waals surface area (Å²) in [7, 11) is 0. The standard InChI is InChI=1S/2C5H10N.C5H5N.4ClH.Ir/c3*1-2-4-6-5-3-1;;;;;/h2*1-5H2;1-5H;4*1H;/q2*-1;;;;;;+3/p-4. The molecule has 3 rings (SSSR count). The zero-order valence-corrected chi connectivity index (χ0v) is 18.6. The van der Waals surface area contributed by atoms with Gasteiger partial charge in [-0.25, -0.2) is 0 Å². The minimum atomic E-state index is 0. The molecule has 0 aliphatic carbocycles. The van der Waals surface area contributed by atoms with Gasteiger partial charge in [-0.1, -0.05) is 44.6 Å². The Kier molecular flexibility index (Phi) is 46.9. The summed E-state index contributed by atoms with van der Waals surface area (Å²) >= 11 is 0. The van der Waals surface area contributed by atoms with Crippen molar-refractivity contribution in [3.8, 4) is 0 Å². The molecule has 0 N–H and O–H groups in total. The van der Waals surface area contributed by atoms with Gasteiger partial charge in [-0.05, 0) is 12.1 Å². The summed E-state index contributed by atoms with van der Waals surface area (Å²) < 4.78 is 0. The first-order valence-corrected chi connectivity index (χ1v) is 7.11. The summed E-state index contributed by atoms with van der Waals surface area (Å²) in [6, 6.07) is 5.72. The molecule has 3 nitrogen and oxygen atoms in total. The molecule has 2 fully saturated rings. The number of aromatic nitrogens is 1. The van der Waals surface area contributed by atoms with Gasteiger partial charge in [0.25, 0.3) is 0 Å². The molecule has 1 aromatic heterocycles. The van der Waals surface area contributed by atoms with Crippen molar-refractivity contribution in [2.45, 2.75) is 38.5 Å². The summed E-state index contributed by atoms with van der Waals surface area (Å²) in [6.07, 6.45) is 11.6. The van der Waals surface area contributed by atoms with Crippen molar-refractivity contribution in [2.75, 3.05) is 26.2 Å². The van der Waals surface area contributed by atoms with Gasteiger partial charge < -0.3 is 60.3 Å². The van der Waals surface area contributed by atoms with Crippen molar-refractivity contribution >= 4 is 0 Å². The fourth-order valence-electron chi connectivity index (χ4n) is 1.78. The van der Waals surface area contributed by atoms with E-state index in [1.54, 1.807) is 12.4 Å². The van der Waals surface area contributed by atoms with Crippen LogP contribution in [0.2, 0.25) is 0 Å². The molecule has 1 aromatic rings. The number of piperidine rings is 2. The van der Waals surface area contributed by atoms with E-state index in [-0.39, 0.29) is 69.7 Å². The Labute approximate surface area is 179 Å². The van der Waals surface area contributed by atoms with Crippen LogP contribution in [0.15, 0.2) is 30.6 Å². The van der Waals surface area contributed by atoms with Gasteiger partial charge in [0.1, 0.15) is 0 Å². The molecule has 2 aliphatic heterocycles. The van der Waals surface area contributed by atoms with Crippen LogP contribution in [0, 0.1) is 0 Å². The molecular formula is C15H25Cl4IrN3-3. The Balaban J connectivity index is -0.0000000635. The van der Waals surface area contributed by atoms with Crippen LogP contribution in [0.1, 0.15) is 38.5 Å². The van der Waals surface area contributed by atoms with Crippen LogP contribution in [0.4, 0.5) is 0 Å². The second-order valence-electron chi connectivity index (χ2n) is 4.49. The SMILES string of the molecule is C1CC[N-]CC1.C1CC[N-]CC1.[Cl-].[Cl-].[Cl-].[Cl-].[Ir+3].c1ccncc1. The smallest absolute Gasteiger partial charge is 1.00 e. The monoisotopic (exact) mass is 580 g/mol. The summed E-state index contributed by atoms with van der Waals surface area (Å²) in [5.41, 5.74) is 0. The van der Waals surface area contributed by atoms with Crippen LogP contribution in [-0.2, 0) is 20.1 Å². The molecule has 0 spiro atoms. The summed E-state index contributed by atoms with van der Waals surface area (Å²) in [4.78, 5) is 3.78. The van der Waals surface area contributed by atoms with Crippen molar-refractivity contribution in [1.82, 2.24) is 4.98 Å². The van der Waals surface area contributed by atoms with Gasteiger partial charge in [-0.15, -0.1) is 26.2 Å². The van der Waals surface area contributed by atoms with Crippen molar-refractivity contribution in [3.05, 3.63) is 41.2 Å². The number of pyridine rings is 1. The quantitative estimate of drug-likeness (QED) is 0.301. The van der Waals surface area contributed by atoms with E-state index in [1.807, 2.05) is 18.2 Å². The zero-order chi connectivity index (χ0) is 12.7. The molecule has 0 bridgehead atoms. The summed E-state index contributed by atoms with van der Waals surface area (Å²) in [5, 5.41) is 8.35. The first-order valence-electron chi connectivity index (χ1n) is 7.11.